The van der Waals surface area contributed by atoms with E-state index in [9.17, 15) is 0 Å². The summed E-state index contributed by atoms with van der Waals surface area (Å²) in [6, 6.07) is 10.5. The van der Waals surface area contributed by atoms with E-state index in [-0.39, 0.29) is 13.2 Å². The van der Waals surface area contributed by atoms with Gasteiger partial charge in [0.2, 0.25) is 0 Å². The highest BCUT2D eigenvalue weighted by Crippen LogP contribution is 2.19. The topological polar surface area (TPSA) is 42.4 Å². The molecule has 94 valence electrons. The van der Waals surface area contributed by atoms with E-state index < -0.39 is 0 Å². The lowest BCUT2D eigenvalue weighted by Gasteiger charge is -2.07. The molecule has 2 aromatic rings. The van der Waals surface area contributed by atoms with Crippen molar-refractivity contribution < 1.29 is 9.84 Å². The Morgan fingerprint density at radius 3 is 2.44 bits per heavy atom. The Morgan fingerprint density at radius 1 is 1.06 bits per heavy atom. The van der Waals surface area contributed by atoms with Crippen LogP contribution in [0.1, 0.15) is 11.3 Å². The lowest BCUT2D eigenvalue weighted by atomic mass is 10.2. The summed E-state index contributed by atoms with van der Waals surface area (Å²) >= 11 is 11.8. The third-order valence-corrected chi connectivity index (χ3v) is 2.92. The van der Waals surface area contributed by atoms with Gasteiger partial charge in [0.1, 0.15) is 17.5 Å². The fraction of sp³-hybridized carbons (Fsp3) is 0.154. The highest BCUT2D eigenvalue weighted by Gasteiger charge is 2.04. The molecular weight excluding hydrogens is 273 g/mol. The predicted octanol–water partition coefficient (Wildman–Crippen LogP) is 3.46. The minimum Gasteiger partial charge on any atom is -0.487 e. The molecule has 0 fully saturated rings. The number of rotatable bonds is 4. The lowest BCUT2D eigenvalue weighted by molar-refractivity contribution is 0.280. The number of aromatic nitrogens is 1. The number of hydrogen-bond donors (Lipinski definition) is 1. The molecule has 3 nitrogen and oxygen atoms in total. The minimum atomic E-state index is 0.0158. The van der Waals surface area contributed by atoms with Crippen molar-refractivity contribution in [2.24, 2.45) is 0 Å². The van der Waals surface area contributed by atoms with Gasteiger partial charge in [-0.15, -0.1) is 0 Å². The van der Waals surface area contributed by atoms with Gasteiger partial charge in [0.25, 0.3) is 0 Å². The molecule has 0 unspecified atom stereocenters. The quantitative estimate of drug-likeness (QED) is 0.874. The maximum absolute atomic E-state index is 8.92. The van der Waals surface area contributed by atoms with Crippen molar-refractivity contribution in [3.8, 4) is 5.75 Å². The van der Waals surface area contributed by atoms with Gasteiger partial charge >= 0.3 is 0 Å². The van der Waals surface area contributed by atoms with Gasteiger partial charge in [0.05, 0.1) is 17.3 Å². The number of hydrogen-bond acceptors (Lipinski definition) is 3. The Labute approximate surface area is 115 Å². The average molecular weight is 284 g/mol. The Hall–Kier alpha value is -1.29. The van der Waals surface area contributed by atoms with E-state index in [1.807, 2.05) is 0 Å². The smallest absolute Gasteiger partial charge is 0.132 e. The summed E-state index contributed by atoms with van der Waals surface area (Å²) in [6.45, 7) is 0.264. The van der Waals surface area contributed by atoms with Gasteiger partial charge in [-0.2, -0.15) is 0 Å². The summed E-state index contributed by atoms with van der Waals surface area (Å²) in [4.78, 5) is 4.09. The van der Waals surface area contributed by atoms with Gasteiger partial charge in [-0.1, -0.05) is 35.3 Å². The van der Waals surface area contributed by atoms with Gasteiger partial charge in [-0.25, -0.2) is 4.98 Å². The number of halogens is 2. The molecule has 0 atom stereocenters. The molecule has 1 N–H and O–H groups in total. The maximum Gasteiger partial charge on any atom is 0.132 e. The van der Waals surface area contributed by atoms with Crippen molar-refractivity contribution >= 4 is 23.2 Å². The molecule has 1 aromatic heterocycles. The van der Waals surface area contributed by atoms with Crippen molar-refractivity contribution in [3.05, 3.63) is 57.8 Å². The summed E-state index contributed by atoms with van der Waals surface area (Å²) in [5, 5.41) is 9.82. The van der Waals surface area contributed by atoms with Crippen LogP contribution in [0.5, 0.6) is 5.75 Å². The molecule has 0 saturated carbocycles. The van der Waals surface area contributed by atoms with Crippen LogP contribution < -0.4 is 4.74 Å². The van der Waals surface area contributed by atoms with Crippen LogP contribution in [0, 0.1) is 0 Å². The molecule has 1 heterocycles. The predicted molar refractivity (Wildman–Crippen MR) is 71.0 cm³/mol. The molecule has 5 heteroatoms. The van der Waals surface area contributed by atoms with Crippen LogP contribution in [0.4, 0.5) is 0 Å². The zero-order valence-electron chi connectivity index (χ0n) is 9.44. The summed E-state index contributed by atoms with van der Waals surface area (Å²) in [5.74, 6) is 0.685. The van der Waals surface area contributed by atoms with E-state index in [0.29, 0.717) is 21.6 Å². The van der Waals surface area contributed by atoms with Crippen LogP contribution in [0.2, 0.25) is 10.2 Å². The Kier molecular flexibility index (Phi) is 4.42. The van der Waals surface area contributed by atoms with Crippen molar-refractivity contribution in [2.75, 3.05) is 0 Å². The molecule has 0 aliphatic rings. The Balaban J connectivity index is 2.04. The molecule has 0 bridgehead atoms. The molecule has 2 rings (SSSR count). The molecule has 0 saturated heterocycles. The van der Waals surface area contributed by atoms with Gasteiger partial charge < -0.3 is 9.84 Å². The number of aliphatic hydroxyl groups excluding tert-OH is 1. The zero-order valence-corrected chi connectivity index (χ0v) is 10.9. The van der Waals surface area contributed by atoms with Crippen LogP contribution in [-0.4, -0.2) is 10.1 Å². The summed E-state index contributed by atoms with van der Waals surface area (Å²) in [5.41, 5.74) is 1.43. The highest BCUT2D eigenvalue weighted by molar-refractivity contribution is 6.32. The fourth-order valence-corrected chi connectivity index (χ4v) is 1.73. The number of ether oxygens (including phenoxy) is 1. The molecule has 1 aromatic carbocycles. The molecule has 0 radical (unpaired) electrons. The van der Waals surface area contributed by atoms with E-state index in [1.165, 1.54) is 0 Å². The lowest BCUT2D eigenvalue weighted by Crippen LogP contribution is -1.99. The van der Waals surface area contributed by atoms with Crippen LogP contribution >= 0.6 is 23.2 Å². The van der Waals surface area contributed by atoms with E-state index in [1.54, 1.807) is 36.4 Å². The second-order valence-electron chi connectivity index (χ2n) is 3.65. The van der Waals surface area contributed by atoms with Crippen LogP contribution in [0.3, 0.4) is 0 Å². The van der Waals surface area contributed by atoms with Crippen molar-refractivity contribution in [1.82, 2.24) is 4.98 Å². The second kappa shape index (κ2) is 6.05. The largest absolute Gasteiger partial charge is 0.487 e. The molecule has 0 aliphatic carbocycles. The fourth-order valence-electron chi connectivity index (χ4n) is 1.40. The summed E-state index contributed by atoms with van der Waals surface area (Å²) < 4.78 is 5.54. The number of nitrogens with zero attached hydrogens (tertiary/aromatic N) is 1. The number of pyridine rings is 1. The summed E-state index contributed by atoms with van der Waals surface area (Å²) in [6.07, 6.45) is 0. The van der Waals surface area contributed by atoms with E-state index in [4.69, 9.17) is 33.0 Å². The average Bonchev–Trinajstić information content (AvgIpc) is 2.40. The van der Waals surface area contributed by atoms with Gasteiger partial charge in [0, 0.05) is 0 Å². The van der Waals surface area contributed by atoms with Gasteiger partial charge in [-0.3, -0.25) is 0 Å². The standard InChI is InChI=1S/C13H11Cl2NO2/c14-11-5-6-13(15)16-12(11)8-18-10-3-1-9(7-17)2-4-10/h1-6,17H,7-8H2. The normalized spacial score (nSPS) is 10.4. The molecule has 0 amide bonds. The third kappa shape index (κ3) is 3.35. The first-order valence-electron chi connectivity index (χ1n) is 5.32. The molecule has 0 spiro atoms. The van der Waals surface area contributed by atoms with Crippen LogP contribution in [-0.2, 0) is 13.2 Å². The van der Waals surface area contributed by atoms with Crippen LogP contribution in [0.25, 0.3) is 0 Å². The molecule has 0 aliphatic heterocycles. The van der Waals surface area contributed by atoms with E-state index in [0.717, 1.165) is 5.56 Å². The maximum atomic E-state index is 8.92. The first kappa shape index (κ1) is 13.1. The van der Waals surface area contributed by atoms with Crippen molar-refractivity contribution in [3.63, 3.8) is 0 Å². The monoisotopic (exact) mass is 283 g/mol. The van der Waals surface area contributed by atoms with E-state index in [2.05, 4.69) is 4.98 Å². The van der Waals surface area contributed by atoms with Gasteiger partial charge in [0.15, 0.2) is 0 Å². The number of benzene rings is 1. The zero-order chi connectivity index (χ0) is 13.0. The van der Waals surface area contributed by atoms with Crippen molar-refractivity contribution in [2.45, 2.75) is 13.2 Å². The second-order valence-corrected chi connectivity index (χ2v) is 4.45. The first-order chi connectivity index (χ1) is 8.69. The summed E-state index contributed by atoms with van der Waals surface area (Å²) in [7, 11) is 0. The Bertz CT molecular complexity index is 529. The number of aliphatic hydroxyl groups is 1. The highest BCUT2D eigenvalue weighted by atomic mass is 35.5. The minimum absolute atomic E-state index is 0.0158. The first-order valence-corrected chi connectivity index (χ1v) is 6.08. The Morgan fingerprint density at radius 2 is 1.78 bits per heavy atom. The van der Waals surface area contributed by atoms with Gasteiger partial charge in [-0.05, 0) is 29.8 Å². The molecular formula is C13H11Cl2NO2. The van der Waals surface area contributed by atoms with Crippen LogP contribution in [0.15, 0.2) is 36.4 Å². The van der Waals surface area contributed by atoms with Crippen molar-refractivity contribution in [1.29, 1.82) is 0 Å². The SMILES string of the molecule is OCc1ccc(OCc2nc(Cl)ccc2Cl)cc1. The molecule has 18 heavy (non-hydrogen) atoms. The van der Waals surface area contributed by atoms with E-state index >= 15 is 0 Å². The third-order valence-electron chi connectivity index (χ3n) is 2.37.